The average Bonchev–Trinajstić information content (AvgIpc) is 3.09. The second-order valence-electron chi connectivity index (χ2n) is 6.83. The predicted octanol–water partition coefficient (Wildman–Crippen LogP) is 2.15. The van der Waals surface area contributed by atoms with Gasteiger partial charge in [-0.25, -0.2) is 5.09 Å². The molecule has 1 saturated heterocycles. The summed E-state index contributed by atoms with van der Waals surface area (Å²) in [6.45, 7) is 1.87. The molecule has 2 aromatic carbocycles. The van der Waals surface area contributed by atoms with Gasteiger partial charge < -0.3 is 28.7 Å². The molecule has 0 bridgehead atoms. The van der Waals surface area contributed by atoms with Crippen LogP contribution in [-0.2, 0) is 25.4 Å². The molecule has 8 nitrogen and oxygen atoms in total. The zero-order valence-corrected chi connectivity index (χ0v) is 17.5. The zero-order chi connectivity index (χ0) is 21.3. The topological polar surface area (TPSA) is 106 Å². The van der Waals surface area contributed by atoms with Gasteiger partial charge in [0.1, 0.15) is 36.7 Å². The van der Waals surface area contributed by atoms with E-state index in [0.29, 0.717) is 5.75 Å². The summed E-state index contributed by atoms with van der Waals surface area (Å²) >= 11 is 0. The lowest BCUT2D eigenvalue weighted by molar-refractivity contribution is -0.146. The van der Waals surface area contributed by atoms with E-state index in [-0.39, 0.29) is 19.8 Å². The molecular weight excluding hydrogens is 409 g/mol. The summed E-state index contributed by atoms with van der Waals surface area (Å²) in [4.78, 5) is 12.4. The fourth-order valence-electron chi connectivity index (χ4n) is 2.69. The third-order valence-corrected chi connectivity index (χ3v) is 5.78. The minimum atomic E-state index is -1.75. The van der Waals surface area contributed by atoms with E-state index in [4.69, 9.17) is 18.5 Å². The summed E-state index contributed by atoms with van der Waals surface area (Å²) in [6, 6.07) is 17.7. The molecule has 0 radical (unpaired) electrons. The maximum atomic E-state index is 12.4. The summed E-state index contributed by atoms with van der Waals surface area (Å²) < 4.78 is 22.3. The van der Waals surface area contributed by atoms with E-state index in [1.807, 2.05) is 48.5 Å². The molecule has 0 spiro atoms. The number of hydrogen-bond acceptors (Lipinski definition) is 8. The van der Waals surface area contributed by atoms with Crippen molar-refractivity contribution in [1.29, 1.82) is 0 Å². The maximum Gasteiger partial charge on any atom is 0.323 e. The van der Waals surface area contributed by atoms with Crippen molar-refractivity contribution < 1.29 is 33.5 Å². The fourth-order valence-corrected chi connectivity index (χ4v) is 3.88. The number of benzene rings is 2. The van der Waals surface area contributed by atoms with Crippen molar-refractivity contribution in [3.8, 4) is 5.75 Å². The first-order valence-electron chi connectivity index (χ1n) is 9.63. The molecule has 3 N–H and O–H groups in total. The Bertz CT molecular complexity index is 779. The third kappa shape index (κ3) is 6.74. The van der Waals surface area contributed by atoms with Crippen LogP contribution >= 0.6 is 8.53 Å². The van der Waals surface area contributed by atoms with E-state index in [9.17, 15) is 15.0 Å². The van der Waals surface area contributed by atoms with E-state index in [1.54, 1.807) is 19.1 Å². The molecule has 1 aliphatic heterocycles. The molecule has 0 aliphatic carbocycles. The van der Waals surface area contributed by atoms with Crippen LogP contribution in [0.3, 0.4) is 0 Å². The van der Waals surface area contributed by atoms with Crippen LogP contribution in [-0.4, -0.2) is 53.7 Å². The van der Waals surface area contributed by atoms with Gasteiger partial charge in [-0.15, -0.1) is 0 Å². The Labute approximate surface area is 176 Å². The number of aliphatic hydroxyl groups is 2. The normalized spacial score (nSPS) is 23.0. The monoisotopic (exact) mass is 435 g/mol. The van der Waals surface area contributed by atoms with Gasteiger partial charge in [0, 0.05) is 0 Å². The highest BCUT2D eigenvalue weighted by molar-refractivity contribution is 7.45. The summed E-state index contributed by atoms with van der Waals surface area (Å²) in [5.41, 5.74) is 0.892. The van der Waals surface area contributed by atoms with E-state index in [1.165, 1.54) is 0 Å². The molecule has 1 aliphatic rings. The Morgan fingerprint density at radius 1 is 1.17 bits per heavy atom. The molecule has 5 atom stereocenters. The van der Waals surface area contributed by atoms with E-state index in [0.717, 1.165) is 5.56 Å². The van der Waals surface area contributed by atoms with Crippen LogP contribution in [0.2, 0.25) is 0 Å². The Morgan fingerprint density at radius 3 is 2.47 bits per heavy atom. The highest BCUT2D eigenvalue weighted by Gasteiger charge is 2.36. The molecule has 3 rings (SSSR count). The second-order valence-corrected chi connectivity index (χ2v) is 8.04. The Morgan fingerprint density at radius 2 is 1.83 bits per heavy atom. The second kappa shape index (κ2) is 11.4. The molecule has 2 aromatic rings. The Hall–Kier alpha value is -2.06. The lowest BCUT2D eigenvalue weighted by Gasteiger charge is -2.23. The SMILES string of the molecule is CC(NP(OC[C@H]1OCC(O)C1O)Oc1ccccc1)C(=O)OCc1ccccc1. The number of carbonyl (C=O) groups excluding carboxylic acids is 1. The van der Waals surface area contributed by atoms with Crippen molar-refractivity contribution in [1.82, 2.24) is 5.09 Å². The van der Waals surface area contributed by atoms with E-state index >= 15 is 0 Å². The molecule has 1 fully saturated rings. The minimum Gasteiger partial charge on any atom is -0.460 e. The number of esters is 1. The molecule has 4 unspecified atom stereocenters. The van der Waals surface area contributed by atoms with E-state index < -0.39 is 38.8 Å². The third-order valence-electron chi connectivity index (χ3n) is 4.42. The Balaban J connectivity index is 1.55. The van der Waals surface area contributed by atoms with Crippen molar-refractivity contribution in [2.45, 2.75) is 37.9 Å². The summed E-state index contributed by atoms with van der Waals surface area (Å²) in [7, 11) is -1.75. The molecule has 1 heterocycles. The number of rotatable bonds is 10. The maximum absolute atomic E-state index is 12.4. The molecule has 162 valence electrons. The first-order chi connectivity index (χ1) is 14.5. The van der Waals surface area contributed by atoms with Crippen molar-refractivity contribution in [2.24, 2.45) is 0 Å². The summed E-state index contributed by atoms with van der Waals surface area (Å²) in [5, 5.41) is 22.5. The van der Waals surface area contributed by atoms with Crippen molar-refractivity contribution in [3.05, 3.63) is 66.2 Å². The van der Waals surface area contributed by atoms with Crippen LogP contribution in [0.15, 0.2) is 60.7 Å². The summed E-state index contributed by atoms with van der Waals surface area (Å²) in [6.07, 6.45) is -2.65. The van der Waals surface area contributed by atoms with Crippen molar-refractivity contribution >= 4 is 14.5 Å². The zero-order valence-electron chi connectivity index (χ0n) is 16.6. The standard InChI is InChI=1S/C21H26NO7P/c1-15(21(25)27-12-16-8-4-2-5-9-16)22-30(29-17-10-6-3-7-11-17)28-14-19-20(24)18(23)13-26-19/h2-11,15,18-20,22-24H,12-14H2,1H3/t15?,18?,19-,20?,30?/m1/s1. The minimum absolute atomic E-state index is 0.00442. The van der Waals surface area contributed by atoms with Crippen LogP contribution < -0.4 is 9.61 Å². The van der Waals surface area contributed by atoms with Gasteiger partial charge in [-0.3, -0.25) is 4.79 Å². The predicted molar refractivity (Wildman–Crippen MR) is 111 cm³/mol. The molecule has 0 amide bonds. The number of nitrogens with one attached hydrogen (secondary N) is 1. The number of para-hydroxylation sites is 1. The lowest BCUT2D eigenvalue weighted by atomic mass is 10.2. The van der Waals surface area contributed by atoms with Gasteiger partial charge in [-0.2, -0.15) is 0 Å². The highest BCUT2D eigenvalue weighted by atomic mass is 31.2. The van der Waals surface area contributed by atoms with Gasteiger partial charge in [0.05, 0.1) is 13.2 Å². The molecule has 0 aromatic heterocycles. The van der Waals surface area contributed by atoms with Gasteiger partial charge in [-0.1, -0.05) is 48.5 Å². The van der Waals surface area contributed by atoms with Gasteiger partial charge >= 0.3 is 14.5 Å². The first kappa shape index (κ1) is 22.6. The van der Waals surface area contributed by atoms with Gasteiger partial charge in [0.2, 0.25) is 0 Å². The van der Waals surface area contributed by atoms with Gasteiger partial charge in [-0.05, 0) is 24.6 Å². The quantitative estimate of drug-likeness (QED) is 0.385. The lowest BCUT2D eigenvalue weighted by Crippen LogP contribution is -2.36. The summed E-state index contributed by atoms with van der Waals surface area (Å²) in [5.74, 6) is 0.119. The number of hydrogen-bond donors (Lipinski definition) is 3. The first-order valence-corrected chi connectivity index (χ1v) is 10.8. The molecular formula is C21H26NO7P. The highest BCUT2D eigenvalue weighted by Crippen LogP contribution is 2.37. The number of ether oxygens (including phenoxy) is 2. The number of carbonyl (C=O) groups is 1. The van der Waals surface area contributed by atoms with E-state index in [2.05, 4.69) is 5.09 Å². The average molecular weight is 435 g/mol. The van der Waals surface area contributed by atoms with Crippen molar-refractivity contribution in [3.63, 3.8) is 0 Å². The largest absolute Gasteiger partial charge is 0.460 e. The molecule has 30 heavy (non-hydrogen) atoms. The van der Waals surface area contributed by atoms with Gasteiger partial charge in [0.25, 0.3) is 0 Å². The molecule has 0 saturated carbocycles. The van der Waals surface area contributed by atoms with Crippen molar-refractivity contribution in [2.75, 3.05) is 13.2 Å². The Kier molecular flexibility index (Phi) is 8.57. The van der Waals surface area contributed by atoms with Crippen LogP contribution in [0.4, 0.5) is 0 Å². The molecule has 9 heteroatoms. The van der Waals surface area contributed by atoms with Gasteiger partial charge in [0.15, 0.2) is 0 Å². The van der Waals surface area contributed by atoms with Crippen LogP contribution in [0.5, 0.6) is 5.75 Å². The van der Waals surface area contributed by atoms with Crippen LogP contribution in [0.1, 0.15) is 12.5 Å². The van der Waals surface area contributed by atoms with Crippen LogP contribution in [0, 0.1) is 0 Å². The smallest absolute Gasteiger partial charge is 0.323 e. The number of aliphatic hydroxyl groups excluding tert-OH is 2. The van der Waals surface area contributed by atoms with Crippen LogP contribution in [0.25, 0.3) is 0 Å². The fraction of sp³-hybridized carbons (Fsp3) is 0.381.